The molecule has 0 aliphatic heterocycles. The summed E-state index contributed by atoms with van der Waals surface area (Å²) in [5, 5.41) is 3.03. The molecule has 0 aliphatic carbocycles. The fraction of sp³-hybridized carbons (Fsp3) is 0.0667. The molecule has 100 valence electrons. The monoisotopic (exact) mass is 321 g/mol. The van der Waals surface area contributed by atoms with Gasteiger partial charge in [0.15, 0.2) is 5.78 Å². The first kappa shape index (κ1) is 13.6. The lowest BCUT2D eigenvalue weighted by molar-refractivity contribution is 0.0993. The maximum atomic E-state index is 12.3. The number of hydrogen-bond acceptors (Lipinski definition) is 3. The number of carbonyl (C=O) groups is 1. The van der Waals surface area contributed by atoms with Crippen molar-refractivity contribution in [1.29, 1.82) is 0 Å². The van der Waals surface area contributed by atoms with Crippen LogP contribution in [0, 0.1) is 0 Å². The molecule has 0 spiro atoms. The van der Waals surface area contributed by atoms with Crippen molar-refractivity contribution < 1.29 is 4.79 Å². The summed E-state index contributed by atoms with van der Waals surface area (Å²) in [5.41, 5.74) is 2.29. The quantitative estimate of drug-likeness (QED) is 0.633. The summed E-state index contributed by atoms with van der Waals surface area (Å²) in [4.78, 5) is 16.6. The molecule has 0 atom stereocenters. The number of nitrogens with zero attached hydrogens (tertiary/aromatic N) is 1. The minimum Gasteiger partial charge on any atom is -0.294 e. The van der Waals surface area contributed by atoms with Crippen molar-refractivity contribution >= 4 is 50.5 Å². The van der Waals surface area contributed by atoms with E-state index in [9.17, 15) is 4.79 Å². The Labute approximate surface area is 130 Å². The summed E-state index contributed by atoms with van der Waals surface area (Å²) in [6.45, 7) is 0. The van der Waals surface area contributed by atoms with Crippen molar-refractivity contribution in [1.82, 2.24) is 4.98 Å². The van der Waals surface area contributed by atoms with E-state index in [4.69, 9.17) is 23.2 Å². The number of rotatable bonds is 3. The molecule has 20 heavy (non-hydrogen) atoms. The van der Waals surface area contributed by atoms with Gasteiger partial charge in [-0.25, -0.2) is 0 Å². The molecule has 0 saturated heterocycles. The first-order valence-electron chi connectivity index (χ1n) is 5.94. The Bertz CT molecular complexity index is 797. The Hall–Kier alpha value is -1.42. The first-order valence-corrected chi connectivity index (χ1v) is 7.57. The highest BCUT2D eigenvalue weighted by atomic mass is 35.5. The number of ketones is 1. The second kappa shape index (κ2) is 5.52. The Balaban J connectivity index is 1.88. The zero-order valence-corrected chi connectivity index (χ0v) is 12.6. The molecule has 1 aromatic carbocycles. The molecule has 3 rings (SSSR count). The zero-order chi connectivity index (χ0) is 14.1. The summed E-state index contributed by atoms with van der Waals surface area (Å²) in [6, 6.07) is 8.96. The predicted molar refractivity (Wildman–Crippen MR) is 84.1 cm³/mol. The Morgan fingerprint density at radius 1 is 1.20 bits per heavy atom. The third-order valence-electron chi connectivity index (χ3n) is 2.99. The summed E-state index contributed by atoms with van der Waals surface area (Å²) in [6.07, 6.45) is 1.86. The van der Waals surface area contributed by atoms with Gasteiger partial charge < -0.3 is 0 Å². The molecule has 0 saturated carbocycles. The van der Waals surface area contributed by atoms with Crippen LogP contribution in [-0.2, 0) is 6.42 Å². The van der Waals surface area contributed by atoms with E-state index in [-0.39, 0.29) is 12.2 Å². The molecule has 0 fully saturated rings. The zero-order valence-electron chi connectivity index (χ0n) is 10.3. The van der Waals surface area contributed by atoms with Crippen molar-refractivity contribution in [3.05, 3.63) is 63.1 Å². The SMILES string of the molecule is O=C(Cc1ccc(Cl)cc1Cl)c1cnc2ccsc2c1. The van der Waals surface area contributed by atoms with Gasteiger partial charge >= 0.3 is 0 Å². The Morgan fingerprint density at radius 2 is 2.05 bits per heavy atom. The van der Waals surface area contributed by atoms with Crippen LogP contribution in [0.2, 0.25) is 10.0 Å². The van der Waals surface area contributed by atoms with Crippen LogP contribution in [0.15, 0.2) is 41.9 Å². The number of benzene rings is 1. The lowest BCUT2D eigenvalue weighted by Gasteiger charge is -2.04. The fourth-order valence-corrected chi connectivity index (χ4v) is 3.19. The van der Waals surface area contributed by atoms with Crippen LogP contribution < -0.4 is 0 Å². The average Bonchev–Trinajstić information content (AvgIpc) is 2.89. The molecule has 0 bridgehead atoms. The largest absolute Gasteiger partial charge is 0.294 e. The summed E-state index contributed by atoms with van der Waals surface area (Å²) in [5.74, 6) is -0.00276. The van der Waals surface area contributed by atoms with E-state index in [2.05, 4.69) is 4.98 Å². The van der Waals surface area contributed by atoms with E-state index in [1.54, 1.807) is 35.7 Å². The number of halogens is 2. The highest BCUT2D eigenvalue weighted by Gasteiger charge is 2.11. The Kier molecular flexibility index (Phi) is 3.74. The summed E-state index contributed by atoms with van der Waals surface area (Å²) in [7, 11) is 0. The number of hydrogen-bond donors (Lipinski definition) is 0. The molecule has 2 nitrogen and oxygen atoms in total. The van der Waals surface area contributed by atoms with Gasteiger partial charge in [-0.15, -0.1) is 11.3 Å². The van der Waals surface area contributed by atoms with Gasteiger partial charge in [0.2, 0.25) is 0 Å². The average molecular weight is 322 g/mol. The maximum Gasteiger partial charge on any atom is 0.168 e. The topological polar surface area (TPSA) is 30.0 Å². The molecule has 2 heterocycles. The van der Waals surface area contributed by atoms with Crippen molar-refractivity contribution in [2.75, 3.05) is 0 Å². The van der Waals surface area contributed by atoms with Gasteiger partial charge in [0.05, 0.1) is 10.2 Å². The third-order valence-corrected chi connectivity index (χ3v) is 4.43. The third kappa shape index (κ3) is 2.70. The van der Waals surface area contributed by atoms with Gasteiger partial charge in [0.1, 0.15) is 0 Å². The van der Waals surface area contributed by atoms with E-state index in [1.165, 1.54) is 0 Å². The van der Waals surface area contributed by atoms with Crippen LogP contribution in [0.3, 0.4) is 0 Å². The van der Waals surface area contributed by atoms with Gasteiger partial charge in [-0.3, -0.25) is 9.78 Å². The number of aromatic nitrogens is 1. The minimum absolute atomic E-state index is 0.00276. The lowest BCUT2D eigenvalue weighted by Crippen LogP contribution is -2.04. The van der Waals surface area contributed by atoms with Crippen LogP contribution in [-0.4, -0.2) is 10.8 Å². The molecule has 5 heteroatoms. The molecule has 0 N–H and O–H groups in total. The highest BCUT2D eigenvalue weighted by molar-refractivity contribution is 7.17. The van der Waals surface area contributed by atoms with Crippen LogP contribution in [0.25, 0.3) is 10.2 Å². The number of thiophene rings is 1. The number of pyridine rings is 1. The van der Waals surface area contributed by atoms with Crippen molar-refractivity contribution in [3.63, 3.8) is 0 Å². The molecule has 3 aromatic rings. The van der Waals surface area contributed by atoms with Crippen LogP contribution >= 0.6 is 34.5 Å². The van der Waals surface area contributed by atoms with E-state index in [0.29, 0.717) is 15.6 Å². The predicted octanol–water partition coefficient (Wildman–Crippen LogP) is 5.03. The summed E-state index contributed by atoms with van der Waals surface area (Å²) >= 11 is 13.5. The van der Waals surface area contributed by atoms with Crippen molar-refractivity contribution in [2.45, 2.75) is 6.42 Å². The van der Waals surface area contributed by atoms with Crippen LogP contribution in [0.1, 0.15) is 15.9 Å². The van der Waals surface area contributed by atoms with E-state index >= 15 is 0 Å². The number of Topliss-reactive ketones (excluding diaryl/α,β-unsaturated/α-hetero) is 1. The number of carbonyl (C=O) groups excluding carboxylic acids is 1. The molecule has 0 radical (unpaired) electrons. The van der Waals surface area contributed by atoms with Gasteiger partial charge in [0.25, 0.3) is 0 Å². The van der Waals surface area contributed by atoms with E-state index < -0.39 is 0 Å². The van der Waals surface area contributed by atoms with Crippen molar-refractivity contribution in [3.8, 4) is 0 Å². The lowest BCUT2D eigenvalue weighted by atomic mass is 10.0. The normalized spacial score (nSPS) is 10.9. The van der Waals surface area contributed by atoms with E-state index in [1.807, 2.05) is 17.5 Å². The fourth-order valence-electron chi connectivity index (χ4n) is 1.94. The molecule has 2 aromatic heterocycles. The molecular weight excluding hydrogens is 313 g/mol. The Morgan fingerprint density at radius 3 is 2.85 bits per heavy atom. The first-order chi connectivity index (χ1) is 9.63. The second-order valence-electron chi connectivity index (χ2n) is 4.36. The smallest absolute Gasteiger partial charge is 0.168 e. The molecular formula is C15H9Cl2NOS. The molecule has 0 aliphatic rings. The molecule has 0 unspecified atom stereocenters. The minimum atomic E-state index is -0.00276. The number of fused-ring (bicyclic) bond motifs is 1. The molecule has 0 amide bonds. The van der Waals surface area contributed by atoms with Gasteiger partial charge in [-0.05, 0) is 35.2 Å². The van der Waals surface area contributed by atoms with Crippen LogP contribution in [0.4, 0.5) is 0 Å². The van der Waals surface area contributed by atoms with Gasteiger partial charge in [-0.2, -0.15) is 0 Å². The van der Waals surface area contributed by atoms with E-state index in [0.717, 1.165) is 15.8 Å². The maximum absolute atomic E-state index is 12.3. The summed E-state index contributed by atoms with van der Waals surface area (Å²) < 4.78 is 1.01. The van der Waals surface area contributed by atoms with Gasteiger partial charge in [-0.1, -0.05) is 29.3 Å². The highest BCUT2D eigenvalue weighted by Crippen LogP contribution is 2.24. The second-order valence-corrected chi connectivity index (χ2v) is 6.15. The van der Waals surface area contributed by atoms with Gasteiger partial charge in [0, 0.05) is 28.2 Å². The standard InChI is InChI=1S/C15H9Cl2NOS/c16-11-2-1-9(12(17)7-11)5-14(19)10-6-15-13(18-8-10)3-4-20-15/h1-4,6-8H,5H2. The van der Waals surface area contributed by atoms with Crippen molar-refractivity contribution in [2.24, 2.45) is 0 Å². The van der Waals surface area contributed by atoms with Crippen LogP contribution in [0.5, 0.6) is 0 Å².